The zero-order chi connectivity index (χ0) is 21.2. The number of aromatic nitrogens is 1. The van der Waals surface area contributed by atoms with Gasteiger partial charge in [-0.2, -0.15) is 13.2 Å². The van der Waals surface area contributed by atoms with Gasteiger partial charge in [0.25, 0.3) is 10.0 Å². The summed E-state index contributed by atoms with van der Waals surface area (Å²) in [6.45, 7) is 0. The second kappa shape index (κ2) is 7.92. The van der Waals surface area contributed by atoms with E-state index in [0.29, 0.717) is 11.6 Å². The lowest BCUT2D eigenvalue weighted by molar-refractivity contribution is -0.140. The third kappa shape index (κ3) is 4.80. The average Bonchev–Trinajstić information content (AvgIpc) is 3.15. The van der Waals surface area contributed by atoms with Crippen molar-refractivity contribution in [3.63, 3.8) is 0 Å². The minimum Gasteiger partial charge on any atom is -0.324 e. The number of hydrogen-bond donors (Lipinski definition) is 1. The first-order chi connectivity index (χ1) is 13.6. The average molecular weight is 443 g/mol. The molecule has 0 fully saturated rings. The fourth-order valence-corrected chi connectivity index (χ4v) is 4.47. The summed E-state index contributed by atoms with van der Waals surface area (Å²) in [6, 6.07) is 13.0. The van der Waals surface area contributed by atoms with Crippen molar-refractivity contribution in [3.05, 3.63) is 83.1 Å². The van der Waals surface area contributed by atoms with Crippen LogP contribution in [-0.4, -0.2) is 18.9 Å². The van der Waals surface area contributed by atoms with Crippen LogP contribution in [0.1, 0.15) is 11.1 Å². The molecule has 3 aromatic rings. The van der Waals surface area contributed by atoms with E-state index in [0.717, 1.165) is 17.8 Å². The van der Waals surface area contributed by atoms with Gasteiger partial charge in [0.1, 0.15) is 4.90 Å². The van der Waals surface area contributed by atoms with Crippen LogP contribution < -0.4 is 4.72 Å². The van der Waals surface area contributed by atoms with Gasteiger partial charge in [-0.25, -0.2) is 13.1 Å². The molecular weight excluding hydrogens is 429 g/mol. The van der Waals surface area contributed by atoms with Crippen molar-refractivity contribution in [3.8, 4) is 5.69 Å². The van der Waals surface area contributed by atoms with E-state index in [1.807, 2.05) is 29.1 Å². The maximum atomic E-state index is 13.2. The number of halogens is 4. The number of carbonyl (C=O) groups is 1. The number of rotatable bonds is 5. The van der Waals surface area contributed by atoms with Crippen molar-refractivity contribution in [2.24, 2.45) is 0 Å². The second-order valence-electron chi connectivity index (χ2n) is 6.08. The van der Waals surface area contributed by atoms with Gasteiger partial charge in [-0.05, 0) is 42.0 Å². The molecule has 0 bridgehead atoms. The van der Waals surface area contributed by atoms with Crippen molar-refractivity contribution in [1.29, 1.82) is 0 Å². The van der Waals surface area contributed by atoms with E-state index in [-0.39, 0.29) is 6.42 Å². The number of amides is 1. The molecule has 0 unspecified atom stereocenters. The number of carbonyl (C=O) groups excluding carboxylic acids is 1. The van der Waals surface area contributed by atoms with Crippen LogP contribution in [0.5, 0.6) is 0 Å². The highest BCUT2D eigenvalue weighted by atomic mass is 35.5. The smallest absolute Gasteiger partial charge is 0.324 e. The highest BCUT2D eigenvalue weighted by molar-refractivity contribution is 7.90. The Bertz CT molecular complexity index is 1130. The molecule has 3 rings (SSSR count). The standard InChI is InChI=1S/C19H14ClF3N2O3S/c20-16-5-3-4-15(19(21,22)23)18(16)29(27,28)24-17(26)12-13-6-8-14(9-7-13)25-10-1-2-11-25/h1-11H,12H2,(H,24,26). The Hall–Kier alpha value is -2.78. The summed E-state index contributed by atoms with van der Waals surface area (Å²) in [5, 5.41) is -0.629. The van der Waals surface area contributed by atoms with Crippen molar-refractivity contribution in [1.82, 2.24) is 9.29 Å². The Labute approximate surface area is 169 Å². The first-order valence-corrected chi connectivity index (χ1v) is 10.1. The molecule has 0 radical (unpaired) electrons. The number of alkyl halides is 3. The molecule has 0 aliphatic carbocycles. The topological polar surface area (TPSA) is 68.2 Å². The summed E-state index contributed by atoms with van der Waals surface area (Å²) >= 11 is 5.70. The third-order valence-corrected chi connectivity index (χ3v) is 5.89. The minimum atomic E-state index is -4.95. The van der Waals surface area contributed by atoms with Crippen molar-refractivity contribution in [2.45, 2.75) is 17.5 Å². The van der Waals surface area contributed by atoms with Crippen LogP contribution in [0.4, 0.5) is 13.2 Å². The van der Waals surface area contributed by atoms with E-state index in [1.165, 1.54) is 0 Å². The highest BCUT2D eigenvalue weighted by Crippen LogP contribution is 2.37. The molecule has 152 valence electrons. The molecule has 0 aliphatic heterocycles. The molecule has 1 amide bonds. The Balaban J connectivity index is 1.79. The molecule has 0 atom stereocenters. The maximum Gasteiger partial charge on any atom is 0.417 e. The van der Waals surface area contributed by atoms with Crippen LogP contribution in [0.25, 0.3) is 5.69 Å². The lowest BCUT2D eigenvalue weighted by Gasteiger charge is -2.15. The maximum absolute atomic E-state index is 13.2. The van der Waals surface area contributed by atoms with E-state index >= 15 is 0 Å². The van der Waals surface area contributed by atoms with E-state index in [2.05, 4.69) is 0 Å². The Kier molecular flexibility index (Phi) is 5.72. The molecule has 0 saturated heterocycles. The Morgan fingerprint density at radius 2 is 1.62 bits per heavy atom. The fraction of sp³-hybridized carbons (Fsp3) is 0.105. The quantitative estimate of drug-likeness (QED) is 0.644. The fourth-order valence-electron chi connectivity index (χ4n) is 2.72. The Morgan fingerprint density at radius 1 is 1.00 bits per heavy atom. The summed E-state index contributed by atoms with van der Waals surface area (Å²) in [6.07, 6.45) is -1.63. The van der Waals surface area contributed by atoms with Crippen LogP contribution in [-0.2, 0) is 27.4 Å². The van der Waals surface area contributed by atoms with Crippen molar-refractivity contribution < 1.29 is 26.4 Å². The largest absolute Gasteiger partial charge is 0.417 e. The number of nitrogens with one attached hydrogen (secondary N) is 1. The molecule has 0 aliphatic rings. The van der Waals surface area contributed by atoms with Gasteiger partial charge in [0.2, 0.25) is 5.91 Å². The van der Waals surface area contributed by atoms with Crippen molar-refractivity contribution in [2.75, 3.05) is 0 Å². The SMILES string of the molecule is O=C(Cc1ccc(-n2cccc2)cc1)NS(=O)(=O)c1c(Cl)cccc1C(F)(F)F. The zero-order valence-corrected chi connectivity index (χ0v) is 16.2. The molecule has 5 nitrogen and oxygen atoms in total. The lowest BCUT2D eigenvalue weighted by Crippen LogP contribution is -2.33. The van der Waals surface area contributed by atoms with Gasteiger partial charge in [0, 0.05) is 18.1 Å². The molecule has 1 aromatic heterocycles. The summed E-state index contributed by atoms with van der Waals surface area (Å²) in [5.74, 6) is -0.980. The predicted molar refractivity (Wildman–Crippen MR) is 101 cm³/mol. The van der Waals surface area contributed by atoms with Gasteiger partial charge in [0.05, 0.1) is 17.0 Å². The summed E-state index contributed by atoms with van der Waals surface area (Å²) in [5.41, 5.74) is -0.122. The molecule has 0 spiro atoms. The van der Waals surface area contributed by atoms with Gasteiger partial charge in [-0.15, -0.1) is 0 Å². The van der Waals surface area contributed by atoms with Crippen LogP contribution in [0.2, 0.25) is 5.02 Å². The second-order valence-corrected chi connectivity index (χ2v) is 8.10. The Morgan fingerprint density at radius 3 is 2.21 bits per heavy atom. The van der Waals surface area contributed by atoms with Gasteiger partial charge < -0.3 is 4.57 Å². The first kappa shape index (κ1) is 20.9. The monoisotopic (exact) mass is 442 g/mol. The van der Waals surface area contributed by atoms with Crippen LogP contribution >= 0.6 is 11.6 Å². The third-order valence-electron chi connectivity index (χ3n) is 3.99. The van der Waals surface area contributed by atoms with E-state index in [4.69, 9.17) is 11.6 Å². The van der Waals surface area contributed by atoms with E-state index in [9.17, 15) is 26.4 Å². The number of nitrogens with zero attached hydrogens (tertiary/aromatic N) is 1. The summed E-state index contributed by atoms with van der Waals surface area (Å²) in [7, 11) is -4.82. The molecule has 10 heteroatoms. The van der Waals surface area contributed by atoms with Gasteiger partial charge >= 0.3 is 6.18 Å². The zero-order valence-electron chi connectivity index (χ0n) is 14.7. The van der Waals surface area contributed by atoms with Gasteiger partial charge in [0.15, 0.2) is 0 Å². The van der Waals surface area contributed by atoms with E-state index in [1.54, 1.807) is 29.0 Å². The number of sulfonamides is 1. The van der Waals surface area contributed by atoms with E-state index < -0.39 is 37.6 Å². The predicted octanol–water partition coefficient (Wildman–Crippen LogP) is 4.20. The van der Waals surface area contributed by atoms with Gasteiger partial charge in [-0.1, -0.05) is 29.8 Å². The number of benzene rings is 2. The lowest BCUT2D eigenvalue weighted by atomic mass is 10.1. The molecule has 1 N–H and O–H groups in total. The first-order valence-electron chi connectivity index (χ1n) is 8.21. The normalized spacial score (nSPS) is 12.0. The van der Waals surface area contributed by atoms with Crippen LogP contribution in [0, 0.1) is 0 Å². The van der Waals surface area contributed by atoms with Crippen molar-refractivity contribution >= 4 is 27.5 Å². The van der Waals surface area contributed by atoms with Crippen LogP contribution in [0.3, 0.4) is 0 Å². The number of hydrogen-bond acceptors (Lipinski definition) is 3. The summed E-state index contributed by atoms with van der Waals surface area (Å²) < 4.78 is 67.8. The molecule has 2 aromatic carbocycles. The molecule has 29 heavy (non-hydrogen) atoms. The molecule has 0 saturated carbocycles. The highest BCUT2D eigenvalue weighted by Gasteiger charge is 2.39. The molecule has 1 heterocycles. The summed E-state index contributed by atoms with van der Waals surface area (Å²) in [4.78, 5) is 11.0. The minimum absolute atomic E-state index is 0.336. The molecular formula is C19H14ClF3N2O3S. The van der Waals surface area contributed by atoms with Gasteiger partial charge in [-0.3, -0.25) is 4.79 Å². The van der Waals surface area contributed by atoms with Crippen LogP contribution in [0.15, 0.2) is 71.9 Å².